The number of furan rings is 1. The molecule has 5 rings (SSSR count). The van der Waals surface area contributed by atoms with Gasteiger partial charge in [-0.15, -0.1) is 0 Å². The zero-order valence-corrected chi connectivity index (χ0v) is 15.5. The Bertz CT molecular complexity index is 1470. The molecule has 0 aliphatic carbocycles. The molecule has 0 amide bonds. The molecule has 27 heavy (non-hydrogen) atoms. The van der Waals surface area contributed by atoms with Gasteiger partial charge in [0.25, 0.3) is 0 Å². The first kappa shape index (κ1) is 13.0. The molecule has 3 aromatic heterocycles. The van der Waals surface area contributed by atoms with Gasteiger partial charge >= 0.3 is 0 Å². The average molecular weight is 356 g/mol. The van der Waals surface area contributed by atoms with E-state index in [1.54, 1.807) is 12.3 Å². The molecule has 2 aromatic carbocycles. The summed E-state index contributed by atoms with van der Waals surface area (Å²) in [5.41, 5.74) is 5.17. The third-order valence-corrected chi connectivity index (χ3v) is 5.25. The van der Waals surface area contributed by atoms with Gasteiger partial charge in [-0.05, 0) is 42.8 Å². The zero-order chi connectivity index (χ0) is 21.2. The number of fused-ring (bicyclic) bond motifs is 5. The van der Waals surface area contributed by atoms with Gasteiger partial charge < -0.3 is 4.42 Å². The van der Waals surface area contributed by atoms with Crippen LogP contribution in [-0.2, 0) is 7.05 Å². The standard InChI is InChI=1S/C24H21N2O/c1-14-9-10-26(4)19(11-14)20-15(2)12-16(3)21-22-18-8-6-5-7-17(18)13-25-24(22)27-23(20)21/h5-13H,1-4H3/q+1/i3D3. The van der Waals surface area contributed by atoms with Crippen molar-refractivity contribution >= 4 is 32.8 Å². The van der Waals surface area contributed by atoms with E-state index in [1.165, 1.54) is 0 Å². The molecule has 0 unspecified atom stereocenters. The number of hydrogen-bond acceptors (Lipinski definition) is 2. The second kappa shape index (κ2) is 5.65. The van der Waals surface area contributed by atoms with Crippen LogP contribution in [0.3, 0.4) is 0 Å². The van der Waals surface area contributed by atoms with Crippen LogP contribution in [0.5, 0.6) is 0 Å². The average Bonchev–Trinajstić information content (AvgIpc) is 3.08. The van der Waals surface area contributed by atoms with E-state index in [0.717, 1.165) is 38.5 Å². The molecule has 0 atom stereocenters. The van der Waals surface area contributed by atoms with E-state index in [-0.39, 0.29) is 0 Å². The maximum Gasteiger partial charge on any atom is 0.227 e. The molecule has 0 saturated heterocycles. The SMILES string of the molecule is [2H]C([2H])([2H])c1cc(C)c(-c2cc(C)cc[n+]2C)c2oc3ncc4ccccc4c3c12. The van der Waals surface area contributed by atoms with E-state index >= 15 is 0 Å². The molecule has 0 spiro atoms. The van der Waals surface area contributed by atoms with E-state index in [1.807, 2.05) is 62.0 Å². The number of pyridine rings is 2. The Hall–Kier alpha value is -3.20. The number of aryl methyl sites for hydroxylation is 4. The van der Waals surface area contributed by atoms with Crippen molar-refractivity contribution in [3.63, 3.8) is 0 Å². The molecule has 0 N–H and O–H groups in total. The molecule has 5 aromatic rings. The van der Waals surface area contributed by atoms with Crippen LogP contribution >= 0.6 is 0 Å². The van der Waals surface area contributed by atoms with Gasteiger partial charge in [0, 0.05) is 33.2 Å². The quantitative estimate of drug-likeness (QED) is 0.369. The van der Waals surface area contributed by atoms with E-state index in [4.69, 9.17) is 8.53 Å². The highest BCUT2D eigenvalue weighted by molar-refractivity contribution is 6.20. The molecule has 0 saturated carbocycles. The van der Waals surface area contributed by atoms with Gasteiger partial charge in [-0.25, -0.2) is 9.55 Å². The van der Waals surface area contributed by atoms with Crippen molar-refractivity contribution in [3.05, 3.63) is 71.5 Å². The van der Waals surface area contributed by atoms with Crippen molar-refractivity contribution < 1.29 is 13.1 Å². The molecule has 3 heteroatoms. The summed E-state index contributed by atoms with van der Waals surface area (Å²) >= 11 is 0. The zero-order valence-electron chi connectivity index (χ0n) is 18.5. The Balaban J connectivity index is 2.06. The fourth-order valence-corrected chi connectivity index (χ4v) is 3.94. The van der Waals surface area contributed by atoms with Gasteiger partial charge in [0.2, 0.25) is 11.4 Å². The number of hydrogen-bond donors (Lipinski definition) is 0. The highest BCUT2D eigenvalue weighted by atomic mass is 16.3. The number of rotatable bonds is 1. The first-order valence-electron chi connectivity index (χ1n) is 10.5. The first-order chi connectivity index (χ1) is 14.3. The Morgan fingerprint density at radius 1 is 1.04 bits per heavy atom. The molecule has 132 valence electrons. The van der Waals surface area contributed by atoms with E-state index in [2.05, 4.69) is 11.1 Å². The van der Waals surface area contributed by atoms with Gasteiger partial charge in [-0.1, -0.05) is 30.3 Å². The van der Waals surface area contributed by atoms with Crippen LogP contribution in [0, 0.1) is 20.7 Å². The summed E-state index contributed by atoms with van der Waals surface area (Å²) in [6.07, 6.45) is 3.78. The summed E-state index contributed by atoms with van der Waals surface area (Å²) in [5.74, 6) is 0. The van der Waals surface area contributed by atoms with E-state index in [0.29, 0.717) is 22.2 Å². The third-order valence-electron chi connectivity index (χ3n) is 5.25. The Kier molecular flexibility index (Phi) is 2.73. The highest BCUT2D eigenvalue weighted by Gasteiger charge is 2.23. The van der Waals surface area contributed by atoms with Crippen LogP contribution in [0.2, 0.25) is 0 Å². The summed E-state index contributed by atoms with van der Waals surface area (Å²) in [4.78, 5) is 4.52. The van der Waals surface area contributed by atoms with Crippen molar-refractivity contribution in [1.29, 1.82) is 0 Å². The van der Waals surface area contributed by atoms with Crippen LogP contribution in [0.15, 0.2) is 59.3 Å². The Labute approximate surface area is 162 Å². The summed E-state index contributed by atoms with van der Waals surface area (Å²) < 4.78 is 32.9. The summed E-state index contributed by atoms with van der Waals surface area (Å²) in [6, 6.07) is 13.8. The lowest BCUT2D eigenvalue weighted by Crippen LogP contribution is -2.30. The van der Waals surface area contributed by atoms with E-state index < -0.39 is 6.85 Å². The maximum absolute atomic E-state index is 8.19. The van der Waals surface area contributed by atoms with Crippen molar-refractivity contribution in [2.75, 3.05) is 0 Å². The smallest absolute Gasteiger partial charge is 0.227 e. The van der Waals surface area contributed by atoms with Crippen LogP contribution in [-0.4, -0.2) is 4.98 Å². The fraction of sp³-hybridized carbons (Fsp3) is 0.167. The molecule has 0 radical (unpaired) electrons. The van der Waals surface area contributed by atoms with Crippen LogP contribution < -0.4 is 4.57 Å². The number of nitrogens with zero attached hydrogens (tertiary/aromatic N) is 2. The molecular formula is C24H21N2O+. The molecule has 0 aliphatic rings. The second-order valence-electron chi connectivity index (χ2n) is 7.15. The highest BCUT2D eigenvalue weighted by Crippen LogP contribution is 2.40. The first-order valence-corrected chi connectivity index (χ1v) is 8.96. The van der Waals surface area contributed by atoms with Crippen LogP contribution in [0.1, 0.15) is 20.8 Å². The fourth-order valence-electron chi connectivity index (χ4n) is 3.94. The normalized spacial score (nSPS) is 13.8. The van der Waals surface area contributed by atoms with Crippen LogP contribution in [0.25, 0.3) is 44.1 Å². The van der Waals surface area contributed by atoms with Gasteiger partial charge in [0.15, 0.2) is 11.8 Å². The topological polar surface area (TPSA) is 29.9 Å². The summed E-state index contributed by atoms with van der Waals surface area (Å²) in [5, 5.41) is 3.27. The van der Waals surface area contributed by atoms with Gasteiger partial charge in [0.1, 0.15) is 7.05 Å². The third kappa shape index (κ3) is 2.28. The van der Waals surface area contributed by atoms with Crippen molar-refractivity contribution in [2.45, 2.75) is 20.7 Å². The lowest BCUT2D eigenvalue weighted by Gasteiger charge is -2.08. The molecule has 0 fully saturated rings. The van der Waals surface area contributed by atoms with Crippen LogP contribution in [0.4, 0.5) is 0 Å². The van der Waals surface area contributed by atoms with Gasteiger partial charge in [-0.3, -0.25) is 0 Å². The largest absolute Gasteiger partial charge is 0.437 e. The molecule has 0 aliphatic heterocycles. The molecule has 3 heterocycles. The predicted molar refractivity (Wildman–Crippen MR) is 110 cm³/mol. The summed E-state index contributed by atoms with van der Waals surface area (Å²) in [6.45, 7) is 1.70. The number of aromatic nitrogens is 2. The molecule has 3 nitrogen and oxygen atoms in total. The minimum absolute atomic E-state index is 0.297. The molecular weight excluding hydrogens is 332 g/mol. The summed E-state index contributed by atoms with van der Waals surface area (Å²) in [7, 11) is 1.98. The Morgan fingerprint density at radius 2 is 1.89 bits per heavy atom. The molecule has 0 bridgehead atoms. The lowest BCUT2D eigenvalue weighted by atomic mass is 9.95. The van der Waals surface area contributed by atoms with Crippen molar-refractivity contribution in [3.8, 4) is 11.3 Å². The second-order valence-corrected chi connectivity index (χ2v) is 7.15. The number of benzene rings is 2. The predicted octanol–water partition coefficient (Wildman–Crippen LogP) is 5.55. The van der Waals surface area contributed by atoms with E-state index in [9.17, 15) is 0 Å². The lowest BCUT2D eigenvalue weighted by molar-refractivity contribution is -0.660. The minimum Gasteiger partial charge on any atom is -0.437 e. The van der Waals surface area contributed by atoms with Gasteiger partial charge in [0.05, 0.1) is 10.9 Å². The van der Waals surface area contributed by atoms with Crippen molar-refractivity contribution in [2.24, 2.45) is 7.05 Å². The Morgan fingerprint density at radius 3 is 2.74 bits per heavy atom. The van der Waals surface area contributed by atoms with Gasteiger partial charge in [-0.2, -0.15) is 0 Å². The monoisotopic (exact) mass is 356 g/mol. The van der Waals surface area contributed by atoms with Crippen molar-refractivity contribution in [1.82, 2.24) is 4.98 Å². The minimum atomic E-state index is -2.27. The maximum atomic E-state index is 8.19.